The fraction of sp³-hybridized carbons (Fsp3) is 0.111. The van der Waals surface area contributed by atoms with Gasteiger partial charge in [0.05, 0.1) is 9.82 Å². The summed E-state index contributed by atoms with van der Waals surface area (Å²) in [5, 5.41) is 16.0. The maximum atomic E-state index is 13.2. The number of nitrogens with zero attached hydrogens (tertiary/aromatic N) is 2. The van der Waals surface area contributed by atoms with Crippen molar-refractivity contribution in [1.29, 1.82) is 0 Å². The van der Waals surface area contributed by atoms with Gasteiger partial charge in [-0.3, -0.25) is 14.9 Å². The summed E-state index contributed by atoms with van der Waals surface area (Å²) in [5.41, 5.74) is 1.82. The van der Waals surface area contributed by atoms with Crippen LogP contribution in [0.25, 0.3) is 0 Å². The van der Waals surface area contributed by atoms with Crippen molar-refractivity contribution >= 4 is 40.4 Å². The summed E-state index contributed by atoms with van der Waals surface area (Å²) in [4.78, 5) is 28.1. The van der Waals surface area contributed by atoms with E-state index in [2.05, 4.69) is 10.3 Å². The lowest BCUT2D eigenvalue weighted by atomic mass is 10.1. The third-order valence-corrected chi connectivity index (χ3v) is 5.77. The molecule has 0 radical (unpaired) electrons. The van der Waals surface area contributed by atoms with Gasteiger partial charge in [-0.2, -0.15) is 0 Å². The average molecular weight is 403 g/mol. The largest absolute Gasteiger partial charge is 0.322 e. The molecular formula is C18H14FN3O3S2. The first-order valence-corrected chi connectivity index (χ1v) is 9.49. The van der Waals surface area contributed by atoms with Crippen molar-refractivity contribution in [2.24, 2.45) is 0 Å². The highest BCUT2D eigenvalue weighted by Gasteiger charge is 2.20. The van der Waals surface area contributed by atoms with E-state index in [-0.39, 0.29) is 11.3 Å². The minimum Gasteiger partial charge on any atom is -0.322 e. The zero-order valence-electron chi connectivity index (χ0n) is 14.4. The highest BCUT2D eigenvalue weighted by Crippen LogP contribution is 2.37. The molecule has 6 nitrogen and oxygen atoms in total. The summed E-state index contributed by atoms with van der Waals surface area (Å²) < 4.78 is 13.9. The number of hydrogen-bond acceptors (Lipinski definition) is 6. The number of anilines is 1. The van der Waals surface area contributed by atoms with Gasteiger partial charge in [0.15, 0.2) is 4.34 Å². The molecule has 27 heavy (non-hydrogen) atoms. The van der Waals surface area contributed by atoms with Crippen LogP contribution in [-0.2, 0) is 0 Å². The second kappa shape index (κ2) is 7.85. The first-order valence-electron chi connectivity index (χ1n) is 7.79. The number of halogens is 1. The molecule has 0 aliphatic heterocycles. The molecule has 0 spiro atoms. The third kappa shape index (κ3) is 4.50. The molecule has 0 saturated heterocycles. The van der Waals surface area contributed by atoms with E-state index in [4.69, 9.17) is 0 Å². The molecule has 0 atom stereocenters. The summed E-state index contributed by atoms with van der Waals surface area (Å²) in [6.45, 7) is 3.51. The van der Waals surface area contributed by atoms with Crippen LogP contribution in [0.15, 0.2) is 51.0 Å². The number of aryl methyl sites for hydroxylation is 2. The Kier molecular flexibility index (Phi) is 5.52. The van der Waals surface area contributed by atoms with Crippen molar-refractivity contribution in [3.63, 3.8) is 0 Å². The van der Waals surface area contributed by atoms with Gasteiger partial charge in [-0.25, -0.2) is 9.37 Å². The summed E-state index contributed by atoms with van der Waals surface area (Å²) in [6.07, 6.45) is 0. The molecule has 0 aliphatic carbocycles. The van der Waals surface area contributed by atoms with Crippen molar-refractivity contribution in [3.05, 3.63) is 74.5 Å². The number of rotatable bonds is 5. The third-order valence-electron chi connectivity index (χ3n) is 3.65. The van der Waals surface area contributed by atoms with E-state index >= 15 is 0 Å². The maximum absolute atomic E-state index is 13.2. The van der Waals surface area contributed by atoms with Crippen LogP contribution in [0.1, 0.15) is 21.6 Å². The second-order valence-electron chi connectivity index (χ2n) is 5.71. The summed E-state index contributed by atoms with van der Waals surface area (Å²) in [5.74, 6) is -0.908. The molecule has 2 aromatic carbocycles. The van der Waals surface area contributed by atoms with Gasteiger partial charge in [0.1, 0.15) is 5.82 Å². The van der Waals surface area contributed by atoms with Crippen molar-refractivity contribution in [3.8, 4) is 0 Å². The van der Waals surface area contributed by atoms with E-state index in [0.717, 1.165) is 5.69 Å². The van der Waals surface area contributed by atoms with E-state index in [0.29, 0.717) is 20.5 Å². The molecular weight excluding hydrogens is 389 g/mol. The highest BCUT2D eigenvalue weighted by atomic mass is 32.2. The maximum Gasteiger partial charge on any atom is 0.284 e. The van der Waals surface area contributed by atoms with Crippen LogP contribution in [0, 0.1) is 29.8 Å². The van der Waals surface area contributed by atoms with Gasteiger partial charge in [-0.1, -0.05) is 11.8 Å². The molecule has 0 unspecified atom stereocenters. The van der Waals surface area contributed by atoms with Crippen LogP contribution in [0.2, 0.25) is 0 Å². The summed E-state index contributed by atoms with van der Waals surface area (Å²) in [7, 11) is 0. The van der Waals surface area contributed by atoms with Gasteiger partial charge >= 0.3 is 0 Å². The van der Waals surface area contributed by atoms with Crippen LogP contribution in [-0.4, -0.2) is 15.8 Å². The number of benzene rings is 2. The van der Waals surface area contributed by atoms with Crippen LogP contribution < -0.4 is 5.32 Å². The Hall–Kier alpha value is -2.78. The predicted octanol–water partition coefficient (Wildman–Crippen LogP) is 5.21. The van der Waals surface area contributed by atoms with Gasteiger partial charge in [-0.05, 0) is 49.7 Å². The predicted molar refractivity (Wildman–Crippen MR) is 103 cm³/mol. The zero-order chi connectivity index (χ0) is 19.6. The van der Waals surface area contributed by atoms with Crippen LogP contribution in [0.5, 0.6) is 0 Å². The number of thiazole rings is 1. The Morgan fingerprint density at radius 3 is 2.67 bits per heavy atom. The van der Waals surface area contributed by atoms with Crippen LogP contribution in [0.4, 0.5) is 15.8 Å². The standard InChI is InChI=1S/C18H14FN3O3S2/c1-10-7-13(19)4-5-14(10)21-17(23)12-3-6-16(15(8-12)22(24)25)27-18-20-11(2)9-26-18/h3-9H,1-2H3,(H,21,23). The van der Waals surface area contributed by atoms with Gasteiger partial charge in [0.25, 0.3) is 11.6 Å². The molecule has 1 N–H and O–H groups in total. The molecule has 1 heterocycles. The molecule has 0 aliphatic rings. The van der Waals surface area contributed by atoms with Gasteiger partial charge in [0.2, 0.25) is 0 Å². The molecule has 0 fully saturated rings. The van der Waals surface area contributed by atoms with Gasteiger partial charge < -0.3 is 5.32 Å². The number of nitro benzene ring substituents is 1. The fourth-order valence-electron chi connectivity index (χ4n) is 2.32. The van der Waals surface area contributed by atoms with Crippen molar-refractivity contribution in [1.82, 2.24) is 4.98 Å². The van der Waals surface area contributed by atoms with E-state index in [1.54, 1.807) is 6.92 Å². The fourth-order valence-corrected chi connectivity index (χ4v) is 4.20. The second-order valence-corrected chi connectivity index (χ2v) is 7.86. The number of amides is 1. The minimum absolute atomic E-state index is 0.144. The van der Waals surface area contributed by atoms with Gasteiger partial charge in [-0.15, -0.1) is 11.3 Å². The quantitative estimate of drug-likeness (QED) is 0.467. The lowest BCUT2D eigenvalue weighted by Crippen LogP contribution is -2.13. The molecule has 138 valence electrons. The van der Waals surface area contributed by atoms with Gasteiger partial charge in [0, 0.05) is 28.4 Å². The van der Waals surface area contributed by atoms with Crippen molar-refractivity contribution in [2.45, 2.75) is 23.1 Å². The lowest BCUT2D eigenvalue weighted by Gasteiger charge is -2.09. The Labute approximate surface area is 162 Å². The van der Waals surface area contributed by atoms with E-state index < -0.39 is 16.6 Å². The smallest absolute Gasteiger partial charge is 0.284 e. The topological polar surface area (TPSA) is 85.1 Å². The van der Waals surface area contributed by atoms with Crippen LogP contribution >= 0.6 is 23.1 Å². The first kappa shape index (κ1) is 19.0. The number of carbonyl (C=O) groups excluding carboxylic acids is 1. The number of hydrogen-bond donors (Lipinski definition) is 1. The molecule has 0 saturated carbocycles. The van der Waals surface area contributed by atoms with E-state index in [9.17, 15) is 19.3 Å². The Morgan fingerprint density at radius 2 is 2.04 bits per heavy atom. The molecule has 1 aromatic heterocycles. The molecule has 9 heteroatoms. The van der Waals surface area contributed by atoms with Crippen molar-refractivity contribution < 1.29 is 14.1 Å². The molecule has 1 amide bonds. The molecule has 0 bridgehead atoms. The van der Waals surface area contributed by atoms with Crippen LogP contribution in [0.3, 0.4) is 0 Å². The summed E-state index contributed by atoms with van der Waals surface area (Å²) in [6, 6.07) is 8.27. The molecule has 3 rings (SSSR count). The minimum atomic E-state index is -0.525. The van der Waals surface area contributed by atoms with Crippen molar-refractivity contribution in [2.75, 3.05) is 5.32 Å². The Bertz CT molecular complexity index is 1040. The summed E-state index contributed by atoms with van der Waals surface area (Å²) >= 11 is 2.58. The lowest BCUT2D eigenvalue weighted by molar-refractivity contribution is -0.387. The monoisotopic (exact) mass is 403 g/mol. The molecule has 3 aromatic rings. The number of carbonyl (C=O) groups is 1. The number of aromatic nitrogens is 1. The Balaban J connectivity index is 1.86. The highest BCUT2D eigenvalue weighted by molar-refractivity contribution is 8.01. The first-order chi connectivity index (χ1) is 12.8. The Morgan fingerprint density at radius 1 is 1.26 bits per heavy atom. The number of nitro groups is 1. The average Bonchev–Trinajstić information content (AvgIpc) is 3.02. The van der Waals surface area contributed by atoms with E-state index in [1.807, 2.05) is 12.3 Å². The zero-order valence-corrected chi connectivity index (χ0v) is 16.0. The SMILES string of the molecule is Cc1csc(Sc2ccc(C(=O)Nc3ccc(F)cc3C)cc2[N+](=O)[O-])n1. The normalized spacial score (nSPS) is 10.6. The van der Waals surface area contributed by atoms with E-state index in [1.165, 1.54) is 59.5 Å². The number of nitrogens with one attached hydrogen (secondary N) is 1.